The zero-order valence-electron chi connectivity index (χ0n) is 15.5. The molecule has 3 aromatic rings. The maximum absolute atomic E-state index is 12.1. The van der Waals surface area contributed by atoms with Crippen LogP contribution in [0.1, 0.15) is 15.9 Å². The van der Waals surface area contributed by atoms with E-state index in [4.69, 9.17) is 5.73 Å². The third-order valence-corrected chi connectivity index (χ3v) is 3.61. The average Bonchev–Trinajstić information content (AvgIpc) is 2.75. The lowest BCUT2D eigenvalue weighted by Gasteiger charge is -2.08. The first-order valence-corrected chi connectivity index (χ1v) is 8.51. The number of nitrogens with one attached hydrogen (secondary N) is 2. The van der Waals surface area contributed by atoms with Gasteiger partial charge in [0, 0.05) is 24.5 Å². The van der Waals surface area contributed by atoms with Gasteiger partial charge in [-0.15, -0.1) is 0 Å². The maximum atomic E-state index is 12.1. The van der Waals surface area contributed by atoms with E-state index < -0.39 is 6.09 Å². The summed E-state index contributed by atoms with van der Waals surface area (Å²) < 4.78 is 4.49. The van der Waals surface area contributed by atoms with Crippen molar-refractivity contribution in [2.45, 2.75) is 6.54 Å². The Labute approximate surface area is 163 Å². The quantitative estimate of drug-likeness (QED) is 0.603. The number of nitrogen functional groups attached to an aromatic ring is 1. The minimum atomic E-state index is -0.499. The Hall–Kier alpha value is -3.87. The fraction of sp³-hybridized carbons (Fsp3) is 0.0952. The van der Waals surface area contributed by atoms with E-state index in [0.717, 1.165) is 5.56 Å². The Morgan fingerprint density at radius 2 is 1.64 bits per heavy atom. The number of nitrogens with zero attached hydrogens (tertiary/aromatic N) is 1. The molecule has 144 valence electrons. The molecule has 0 saturated heterocycles. The van der Waals surface area contributed by atoms with Crippen LogP contribution >= 0.6 is 0 Å². The molecule has 2 amide bonds. The predicted octanol–water partition coefficient (Wildman–Crippen LogP) is 3.46. The predicted molar refractivity (Wildman–Crippen MR) is 109 cm³/mol. The molecule has 1 heterocycles. The van der Waals surface area contributed by atoms with E-state index in [-0.39, 0.29) is 5.91 Å². The zero-order valence-corrected chi connectivity index (χ0v) is 15.5. The Morgan fingerprint density at radius 3 is 2.18 bits per heavy atom. The summed E-state index contributed by atoms with van der Waals surface area (Å²) in [6.07, 6.45) is 3.00. The number of carbonyl (C=O) groups is 2. The van der Waals surface area contributed by atoms with Gasteiger partial charge in [-0.1, -0.05) is 30.3 Å². The van der Waals surface area contributed by atoms with E-state index in [1.54, 1.807) is 60.9 Å². The summed E-state index contributed by atoms with van der Waals surface area (Å²) in [7, 11) is 1.30. The molecule has 0 aliphatic heterocycles. The van der Waals surface area contributed by atoms with Crippen molar-refractivity contribution < 1.29 is 14.3 Å². The Bertz CT molecular complexity index is 857. The van der Waals surface area contributed by atoms with Crippen LogP contribution in [0.25, 0.3) is 0 Å². The number of alkyl carbamates (subject to hydrolysis) is 1. The van der Waals surface area contributed by atoms with Gasteiger partial charge >= 0.3 is 6.09 Å². The van der Waals surface area contributed by atoms with Crippen molar-refractivity contribution in [1.29, 1.82) is 0 Å². The molecule has 0 unspecified atom stereocenters. The molecular weight excluding hydrogens is 356 g/mol. The average molecular weight is 378 g/mol. The molecule has 3 rings (SSSR count). The van der Waals surface area contributed by atoms with Crippen LogP contribution in [-0.4, -0.2) is 24.1 Å². The maximum Gasteiger partial charge on any atom is 0.407 e. The number of pyridine rings is 1. The molecule has 0 spiro atoms. The first-order chi connectivity index (χ1) is 13.6. The Balaban J connectivity index is 0.000000397. The van der Waals surface area contributed by atoms with E-state index in [9.17, 15) is 9.59 Å². The van der Waals surface area contributed by atoms with Gasteiger partial charge < -0.3 is 21.1 Å². The number of ether oxygens (including phenoxy) is 1. The zero-order chi connectivity index (χ0) is 20.2. The second-order valence-corrected chi connectivity index (χ2v) is 5.61. The molecule has 1 aromatic heterocycles. The number of hydrogen-bond acceptors (Lipinski definition) is 5. The molecular formula is C21H22N4O3. The van der Waals surface area contributed by atoms with Crippen LogP contribution in [0, 0.1) is 0 Å². The summed E-state index contributed by atoms with van der Waals surface area (Å²) in [6.45, 7) is 0.334. The summed E-state index contributed by atoms with van der Waals surface area (Å²) in [5, 5.41) is 5.32. The van der Waals surface area contributed by atoms with Crippen LogP contribution in [0.5, 0.6) is 0 Å². The molecule has 0 saturated carbocycles. The number of hydrogen-bond donors (Lipinski definition) is 3. The highest BCUT2D eigenvalue weighted by molar-refractivity contribution is 6.05. The molecule has 28 heavy (non-hydrogen) atoms. The number of methoxy groups -OCH3 is 1. The van der Waals surface area contributed by atoms with Crippen molar-refractivity contribution in [3.05, 3.63) is 90.3 Å². The van der Waals surface area contributed by atoms with Crippen LogP contribution in [0.2, 0.25) is 0 Å². The van der Waals surface area contributed by atoms with E-state index in [0.29, 0.717) is 23.5 Å². The molecule has 0 radical (unpaired) electrons. The van der Waals surface area contributed by atoms with E-state index in [1.807, 2.05) is 18.2 Å². The summed E-state index contributed by atoms with van der Waals surface area (Å²) in [5.41, 5.74) is 8.23. The second-order valence-electron chi connectivity index (χ2n) is 5.61. The molecule has 0 aliphatic rings. The number of aromatic nitrogens is 1. The van der Waals surface area contributed by atoms with Crippen LogP contribution in [0.3, 0.4) is 0 Å². The van der Waals surface area contributed by atoms with Crippen molar-refractivity contribution in [2.75, 3.05) is 18.2 Å². The number of anilines is 2. The normalized spacial score (nSPS) is 9.46. The number of amides is 2. The number of rotatable bonds is 4. The van der Waals surface area contributed by atoms with Gasteiger partial charge in [0.05, 0.1) is 18.5 Å². The third-order valence-electron chi connectivity index (χ3n) is 3.61. The minimum absolute atomic E-state index is 0.245. The smallest absolute Gasteiger partial charge is 0.407 e. The van der Waals surface area contributed by atoms with Gasteiger partial charge in [0.2, 0.25) is 0 Å². The van der Waals surface area contributed by atoms with Gasteiger partial charge in [-0.2, -0.15) is 0 Å². The van der Waals surface area contributed by atoms with Gasteiger partial charge in [-0.05, 0) is 42.0 Å². The SMILES string of the molecule is COC(=O)NCc1ccc(C(=O)Nc2ccccc2N)cc1.c1ccncc1. The van der Waals surface area contributed by atoms with E-state index >= 15 is 0 Å². The number of para-hydroxylation sites is 2. The summed E-state index contributed by atoms with van der Waals surface area (Å²) in [6, 6.07) is 19.7. The fourth-order valence-electron chi connectivity index (χ4n) is 2.14. The van der Waals surface area contributed by atoms with Crippen molar-refractivity contribution in [1.82, 2.24) is 10.3 Å². The lowest BCUT2D eigenvalue weighted by Crippen LogP contribution is -2.22. The largest absolute Gasteiger partial charge is 0.453 e. The molecule has 0 atom stereocenters. The van der Waals surface area contributed by atoms with E-state index in [2.05, 4.69) is 20.4 Å². The highest BCUT2D eigenvalue weighted by Gasteiger charge is 2.08. The molecule has 0 bridgehead atoms. The van der Waals surface area contributed by atoms with Crippen LogP contribution in [-0.2, 0) is 11.3 Å². The molecule has 0 fully saturated rings. The topological polar surface area (TPSA) is 106 Å². The lowest BCUT2D eigenvalue weighted by molar-refractivity contribution is 0.102. The summed E-state index contributed by atoms with van der Waals surface area (Å²) >= 11 is 0. The Morgan fingerprint density at radius 1 is 0.964 bits per heavy atom. The van der Waals surface area contributed by atoms with Gasteiger partial charge in [-0.3, -0.25) is 9.78 Å². The Kier molecular flexibility index (Phi) is 8.01. The second kappa shape index (κ2) is 11.0. The van der Waals surface area contributed by atoms with Crippen LogP contribution in [0.15, 0.2) is 79.1 Å². The highest BCUT2D eigenvalue weighted by Crippen LogP contribution is 2.18. The van der Waals surface area contributed by atoms with Crippen LogP contribution < -0.4 is 16.4 Å². The first-order valence-electron chi connectivity index (χ1n) is 8.51. The lowest BCUT2D eigenvalue weighted by atomic mass is 10.1. The van der Waals surface area contributed by atoms with Gasteiger partial charge in [-0.25, -0.2) is 4.79 Å². The molecule has 0 aliphatic carbocycles. The standard InChI is InChI=1S/C16H17N3O3.C5H5N/c1-22-16(21)18-10-11-6-8-12(9-7-11)15(20)19-14-5-3-2-4-13(14)17;1-2-4-6-5-3-1/h2-9H,10,17H2,1H3,(H,18,21)(H,19,20);1-5H. The monoisotopic (exact) mass is 378 g/mol. The number of carbonyl (C=O) groups excluding carboxylic acids is 2. The first kappa shape index (κ1) is 20.4. The molecule has 7 heteroatoms. The van der Waals surface area contributed by atoms with E-state index in [1.165, 1.54) is 7.11 Å². The summed E-state index contributed by atoms with van der Waals surface area (Å²) in [5.74, 6) is -0.245. The molecule has 2 aromatic carbocycles. The van der Waals surface area contributed by atoms with Crippen LogP contribution in [0.4, 0.5) is 16.2 Å². The van der Waals surface area contributed by atoms with Gasteiger partial charge in [0.1, 0.15) is 0 Å². The molecule has 7 nitrogen and oxygen atoms in total. The van der Waals surface area contributed by atoms with Gasteiger partial charge in [0.25, 0.3) is 5.91 Å². The van der Waals surface area contributed by atoms with Crippen molar-refractivity contribution in [3.8, 4) is 0 Å². The summed E-state index contributed by atoms with van der Waals surface area (Å²) in [4.78, 5) is 26.9. The fourth-order valence-corrected chi connectivity index (χ4v) is 2.14. The minimum Gasteiger partial charge on any atom is -0.453 e. The third kappa shape index (κ3) is 6.80. The molecule has 4 N–H and O–H groups in total. The number of nitrogens with two attached hydrogens (primary N) is 1. The number of benzene rings is 2. The highest BCUT2D eigenvalue weighted by atomic mass is 16.5. The van der Waals surface area contributed by atoms with Crippen molar-refractivity contribution in [2.24, 2.45) is 0 Å². The van der Waals surface area contributed by atoms with Gasteiger partial charge in [0.15, 0.2) is 0 Å². The van der Waals surface area contributed by atoms with Crippen molar-refractivity contribution in [3.63, 3.8) is 0 Å². The van der Waals surface area contributed by atoms with Crippen molar-refractivity contribution >= 4 is 23.4 Å².